The molecule has 0 amide bonds. The van der Waals surface area contributed by atoms with E-state index < -0.39 is 35.5 Å². The van der Waals surface area contributed by atoms with Gasteiger partial charge in [-0.3, -0.25) is 4.79 Å². The second kappa shape index (κ2) is 6.00. The molecule has 0 heterocycles. The lowest BCUT2D eigenvalue weighted by atomic mass is 9.55. The van der Waals surface area contributed by atoms with E-state index in [0.29, 0.717) is 25.7 Å². The van der Waals surface area contributed by atoms with Crippen LogP contribution in [0.15, 0.2) is 34.9 Å². The van der Waals surface area contributed by atoms with Crippen molar-refractivity contribution in [2.45, 2.75) is 69.6 Å². The van der Waals surface area contributed by atoms with Crippen molar-refractivity contribution >= 4 is 5.78 Å². The van der Waals surface area contributed by atoms with Crippen molar-refractivity contribution in [3.8, 4) is 0 Å². The van der Waals surface area contributed by atoms with Crippen molar-refractivity contribution in [2.24, 2.45) is 17.3 Å². The molecule has 0 aliphatic heterocycles. The first-order valence-corrected chi connectivity index (χ1v) is 9.81. The second-order valence-electron chi connectivity index (χ2n) is 8.52. The third-order valence-corrected chi connectivity index (χ3v) is 7.57. The number of allylic oxidation sites excluding steroid dienone is 5. The van der Waals surface area contributed by atoms with Crippen molar-refractivity contribution in [1.82, 2.24) is 0 Å². The van der Waals surface area contributed by atoms with Gasteiger partial charge in [0.25, 0.3) is 0 Å². The highest BCUT2D eigenvalue weighted by Crippen LogP contribution is 2.67. The average Bonchev–Trinajstić information content (AvgIpc) is 2.95. The molecule has 4 aliphatic carbocycles. The molecule has 0 aromatic heterocycles. The molecule has 2 nitrogen and oxygen atoms in total. The van der Waals surface area contributed by atoms with Crippen LogP contribution < -0.4 is 0 Å². The van der Waals surface area contributed by atoms with Crippen LogP contribution in [0.2, 0.25) is 0 Å². The smallest absolute Gasteiger partial charge is 0.382 e. The fourth-order valence-corrected chi connectivity index (χ4v) is 6.23. The molecule has 0 spiro atoms. The van der Waals surface area contributed by atoms with E-state index in [4.69, 9.17) is 0 Å². The molecule has 4 aliphatic rings. The first-order valence-electron chi connectivity index (χ1n) is 9.81. The lowest BCUT2D eigenvalue weighted by molar-refractivity contribution is -0.358. The van der Waals surface area contributed by atoms with E-state index >= 15 is 0 Å². The zero-order chi connectivity index (χ0) is 20.5. The van der Waals surface area contributed by atoms with Crippen molar-refractivity contribution in [2.75, 3.05) is 0 Å². The maximum Gasteiger partial charge on any atom is 0.456 e. The van der Waals surface area contributed by atoms with Gasteiger partial charge in [0.15, 0.2) is 5.78 Å². The van der Waals surface area contributed by atoms with E-state index in [0.717, 1.165) is 16.7 Å². The maximum atomic E-state index is 14.5. The van der Waals surface area contributed by atoms with Crippen molar-refractivity contribution in [1.29, 1.82) is 0 Å². The normalized spacial score (nSPS) is 38.1. The van der Waals surface area contributed by atoms with Crippen LogP contribution in [-0.2, 0) is 4.79 Å². The molecule has 4 atom stereocenters. The molecule has 0 unspecified atom stereocenters. The van der Waals surface area contributed by atoms with Gasteiger partial charge in [-0.1, -0.05) is 19.1 Å². The number of alkyl halides is 5. The SMILES string of the molecule is CC[C@]12C=CC3=C4CCC(=O)C=C4CC[C@H]3[C@@H]1CC[C@@]2(O)C(F)(F)C(F)(F)F. The summed E-state index contributed by atoms with van der Waals surface area (Å²) in [6, 6.07) is 0. The van der Waals surface area contributed by atoms with Crippen LogP contribution in [0.5, 0.6) is 0 Å². The number of halogens is 5. The summed E-state index contributed by atoms with van der Waals surface area (Å²) in [5.41, 5.74) is -1.81. The number of ketones is 1. The fourth-order valence-electron chi connectivity index (χ4n) is 6.23. The molecule has 0 aromatic carbocycles. The highest BCUT2D eigenvalue weighted by molar-refractivity contribution is 5.93. The maximum absolute atomic E-state index is 14.5. The minimum Gasteiger partial charge on any atom is -0.382 e. The summed E-state index contributed by atoms with van der Waals surface area (Å²) in [7, 11) is 0. The number of aliphatic hydroxyl groups is 1. The summed E-state index contributed by atoms with van der Waals surface area (Å²) in [5, 5.41) is 10.9. The summed E-state index contributed by atoms with van der Waals surface area (Å²) >= 11 is 0. The molecular weight excluding hydrogens is 379 g/mol. The van der Waals surface area contributed by atoms with Crippen LogP contribution in [0.4, 0.5) is 22.0 Å². The van der Waals surface area contributed by atoms with Gasteiger partial charge in [-0.2, -0.15) is 22.0 Å². The zero-order valence-electron chi connectivity index (χ0n) is 15.6. The van der Waals surface area contributed by atoms with Crippen molar-refractivity contribution in [3.63, 3.8) is 0 Å². The Morgan fingerprint density at radius 2 is 1.86 bits per heavy atom. The minimum atomic E-state index is -5.81. The summed E-state index contributed by atoms with van der Waals surface area (Å²) < 4.78 is 68.6. The molecule has 0 saturated heterocycles. The predicted octanol–water partition coefficient (Wildman–Crippen LogP) is 5.29. The van der Waals surface area contributed by atoms with Gasteiger partial charge in [0.2, 0.25) is 0 Å². The number of hydrogen-bond donors (Lipinski definition) is 1. The third kappa shape index (κ3) is 2.31. The number of carbonyl (C=O) groups is 1. The topological polar surface area (TPSA) is 37.3 Å². The molecule has 0 radical (unpaired) electrons. The fraction of sp³-hybridized carbons (Fsp3) is 0.667. The number of hydrogen-bond acceptors (Lipinski definition) is 2. The predicted molar refractivity (Wildman–Crippen MR) is 92.6 cm³/mol. The van der Waals surface area contributed by atoms with Gasteiger partial charge < -0.3 is 5.11 Å². The van der Waals surface area contributed by atoms with Crippen LogP contribution in [0.25, 0.3) is 0 Å². The van der Waals surface area contributed by atoms with Crippen LogP contribution in [0, 0.1) is 17.3 Å². The molecule has 0 aromatic rings. The molecule has 7 heteroatoms. The van der Waals surface area contributed by atoms with Gasteiger partial charge in [-0.25, -0.2) is 0 Å². The van der Waals surface area contributed by atoms with Crippen molar-refractivity contribution in [3.05, 3.63) is 34.9 Å². The Bertz CT molecular complexity index is 806. The number of fused-ring (bicyclic) bond motifs is 4. The molecule has 1 N–H and O–H groups in total. The molecular formula is C21H23F5O2. The summed E-state index contributed by atoms with van der Waals surface area (Å²) in [4.78, 5) is 11.7. The van der Waals surface area contributed by atoms with E-state index in [2.05, 4.69) is 0 Å². The molecule has 0 bridgehead atoms. The van der Waals surface area contributed by atoms with E-state index in [1.807, 2.05) is 0 Å². The van der Waals surface area contributed by atoms with Crippen LogP contribution in [0.3, 0.4) is 0 Å². The van der Waals surface area contributed by atoms with Crippen LogP contribution in [0.1, 0.15) is 51.9 Å². The summed E-state index contributed by atoms with van der Waals surface area (Å²) in [5.74, 6) is -5.75. The van der Waals surface area contributed by atoms with E-state index in [9.17, 15) is 31.9 Å². The van der Waals surface area contributed by atoms with Crippen LogP contribution in [-0.4, -0.2) is 28.6 Å². The highest BCUT2D eigenvalue weighted by atomic mass is 19.4. The average molecular weight is 402 g/mol. The number of carbonyl (C=O) groups excluding carboxylic acids is 1. The Morgan fingerprint density at radius 3 is 2.50 bits per heavy atom. The molecule has 154 valence electrons. The molecule has 28 heavy (non-hydrogen) atoms. The third-order valence-electron chi connectivity index (χ3n) is 7.57. The molecule has 4 rings (SSSR count). The van der Waals surface area contributed by atoms with E-state index in [-0.39, 0.29) is 24.5 Å². The van der Waals surface area contributed by atoms with E-state index in [1.165, 1.54) is 6.08 Å². The standard InChI is InChI=1S/C21H23F5O2/c1-2-18-9-7-15-14-6-4-13(27)11-12(14)3-5-16(15)17(18)8-10-19(18,28)20(22,23)21(24,25)26/h7,9,11,16-17,28H,2-6,8,10H2,1H3/t16-,17+,18+,19+/m1/s1. The Hall–Kier alpha value is -1.50. The van der Waals surface area contributed by atoms with Gasteiger partial charge in [-0.05, 0) is 73.2 Å². The van der Waals surface area contributed by atoms with Gasteiger partial charge >= 0.3 is 12.1 Å². The van der Waals surface area contributed by atoms with Gasteiger partial charge in [-0.15, -0.1) is 0 Å². The summed E-state index contributed by atoms with van der Waals surface area (Å²) in [6.07, 6.45) is 0.652. The van der Waals surface area contributed by atoms with Crippen molar-refractivity contribution < 1.29 is 31.9 Å². The monoisotopic (exact) mass is 402 g/mol. The molecule has 1 fully saturated rings. The lowest BCUT2D eigenvalue weighted by Gasteiger charge is -2.52. The quantitative estimate of drug-likeness (QED) is 0.638. The Kier molecular flexibility index (Phi) is 4.24. The molecule has 1 saturated carbocycles. The first-order chi connectivity index (χ1) is 13.0. The second-order valence-corrected chi connectivity index (χ2v) is 8.52. The van der Waals surface area contributed by atoms with Gasteiger partial charge in [0, 0.05) is 11.8 Å². The minimum absolute atomic E-state index is 0.0105. The Labute approximate surface area is 160 Å². The largest absolute Gasteiger partial charge is 0.456 e. The Balaban J connectivity index is 1.84. The van der Waals surface area contributed by atoms with E-state index in [1.54, 1.807) is 19.1 Å². The van der Waals surface area contributed by atoms with Gasteiger partial charge in [0.1, 0.15) is 5.60 Å². The highest BCUT2D eigenvalue weighted by Gasteiger charge is 2.78. The number of rotatable bonds is 2. The Morgan fingerprint density at radius 1 is 1.14 bits per heavy atom. The summed E-state index contributed by atoms with van der Waals surface area (Å²) in [6.45, 7) is 1.58. The first kappa shape index (κ1) is 19.8. The van der Waals surface area contributed by atoms with Crippen LogP contribution >= 0.6 is 0 Å². The lowest BCUT2D eigenvalue weighted by Crippen LogP contribution is -2.64. The van der Waals surface area contributed by atoms with Gasteiger partial charge in [0.05, 0.1) is 0 Å². The zero-order valence-corrected chi connectivity index (χ0v) is 15.6.